The van der Waals surface area contributed by atoms with Crippen molar-refractivity contribution in [2.24, 2.45) is 0 Å². The first-order chi connectivity index (χ1) is 9.44. The first-order valence-corrected chi connectivity index (χ1v) is 6.30. The van der Waals surface area contributed by atoms with E-state index in [4.69, 9.17) is 4.74 Å². The lowest BCUT2D eigenvalue weighted by atomic mass is 10.1. The van der Waals surface area contributed by atoms with Gasteiger partial charge in [0.15, 0.2) is 0 Å². The normalized spacial score (nSPS) is 10.9. The largest absolute Gasteiger partial charge is 0.456 e. The van der Waals surface area contributed by atoms with Gasteiger partial charge in [0.05, 0.1) is 11.8 Å². The van der Waals surface area contributed by atoms with Crippen LogP contribution in [0.25, 0.3) is 0 Å². The van der Waals surface area contributed by atoms with E-state index in [9.17, 15) is 4.79 Å². The third-order valence-corrected chi connectivity index (χ3v) is 2.33. The van der Waals surface area contributed by atoms with Crippen molar-refractivity contribution in [3.63, 3.8) is 0 Å². The van der Waals surface area contributed by atoms with Gasteiger partial charge in [-0.2, -0.15) is 0 Å². The number of benzene rings is 1. The van der Waals surface area contributed by atoms with Gasteiger partial charge in [-0.05, 0) is 39.0 Å². The van der Waals surface area contributed by atoms with Crippen molar-refractivity contribution in [1.82, 2.24) is 9.97 Å². The van der Waals surface area contributed by atoms with Crippen molar-refractivity contribution in [2.45, 2.75) is 26.4 Å². The summed E-state index contributed by atoms with van der Waals surface area (Å²) in [6.45, 7) is 5.52. The summed E-state index contributed by atoms with van der Waals surface area (Å²) < 4.78 is 5.33. The van der Waals surface area contributed by atoms with Crippen molar-refractivity contribution in [3.8, 4) is 0 Å². The predicted molar refractivity (Wildman–Crippen MR) is 76.9 cm³/mol. The summed E-state index contributed by atoms with van der Waals surface area (Å²) >= 11 is 0. The molecule has 0 aliphatic carbocycles. The van der Waals surface area contributed by atoms with Crippen LogP contribution in [0.3, 0.4) is 0 Å². The SMILES string of the molecule is CC(C)(C)OC(=O)c1cccc(Nc2cnccn2)c1. The molecule has 0 saturated heterocycles. The maximum Gasteiger partial charge on any atom is 0.338 e. The summed E-state index contributed by atoms with van der Waals surface area (Å²) in [7, 11) is 0. The highest BCUT2D eigenvalue weighted by molar-refractivity contribution is 5.91. The number of nitrogens with zero attached hydrogens (tertiary/aromatic N) is 2. The molecule has 1 heterocycles. The van der Waals surface area contributed by atoms with Crippen LogP contribution in [-0.2, 0) is 4.74 Å². The van der Waals surface area contributed by atoms with Gasteiger partial charge in [-0.1, -0.05) is 6.07 Å². The maximum absolute atomic E-state index is 12.0. The molecule has 0 aliphatic heterocycles. The van der Waals surface area contributed by atoms with Crippen LogP contribution in [0.15, 0.2) is 42.9 Å². The molecule has 0 fully saturated rings. The van der Waals surface area contributed by atoms with E-state index in [0.29, 0.717) is 11.4 Å². The molecule has 0 saturated carbocycles. The molecule has 2 aromatic rings. The molecule has 0 spiro atoms. The van der Waals surface area contributed by atoms with E-state index >= 15 is 0 Å². The van der Waals surface area contributed by atoms with Crippen LogP contribution in [0, 0.1) is 0 Å². The number of aromatic nitrogens is 2. The van der Waals surface area contributed by atoms with Crippen molar-refractivity contribution in [1.29, 1.82) is 0 Å². The highest BCUT2D eigenvalue weighted by Crippen LogP contribution is 2.18. The van der Waals surface area contributed by atoms with Gasteiger partial charge >= 0.3 is 5.97 Å². The third kappa shape index (κ3) is 4.05. The van der Waals surface area contributed by atoms with Crippen LogP contribution >= 0.6 is 0 Å². The molecule has 0 amide bonds. The van der Waals surface area contributed by atoms with E-state index in [1.165, 1.54) is 0 Å². The highest BCUT2D eigenvalue weighted by Gasteiger charge is 2.17. The number of hydrogen-bond donors (Lipinski definition) is 1. The number of esters is 1. The maximum atomic E-state index is 12.0. The molecule has 20 heavy (non-hydrogen) atoms. The van der Waals surface area contributed by atoms with Crippen LogP contribution in [0.4, 0.5) is 11.5 Å². The molecule has 0 unspecified atom stereocenters. The summed E-state index contributed by atoms with van der Waals surface area (Å²) in [6, 6.07) is 7.08. The van der Waals surface area contributed by atoms with Gasteiger partial charge in [-0.3, -0.25) is 4.98 Å². The van der Waals surface area contributed by atoms with Crippen molar-refractivity contribution in [3.05, 3.63) is 48.4 Å². The zero-order chi connectivity index (χ0) is 14.6. The Morgan fingerprint density at radius 2 is 2.05 bits per heavy atom. The minimum Gasteiger partial charge on any atom is -0.456 e. The number of ether oxygens (including phenoxy) is 1. The molecule has 0 atom stereocenters. The summed E-state index contributed by atoms with van der Waals surface area (Å²) in [5.41, 5.74) is 0.744. The van der Waals surface area contributed by atoms with Gasteiger partial charge in [0, 0.05) is 18.1 Å². The molecule has 1 N–H and O–H groups in total. The number of nitrogens with one attached hydrogen (secondary N) is 1. The second kappa shape index (κ2) is 5.69. The first kappa shape index (κ1) is 14.0. The van der Waals surface area contributed by atoms with E-state index < -0.39 is 5.60 Å². The quantitative estimate of drug-likeness (QED) is 0.869. The number of carbonyl (C=O) groups excluding carboxylic acids is 1. The Hall–Kier alpha value is -2.43. The Morgan fingerprint density at radius 1 is 1.25 bits per heavy atom. The van der Waals surface area contributed by atoms with Crippen LogP contribution < -0.4 is 5.32 Å². The molecule has 5 nitrogen and oxygen atoms in total. The highest BCUT2D eigenvalue weighted by atomic mass is 16.6. The summed E-state index contributed by atoms with van der Waals surface area (Å²) in [4.78, 5) is 20.1. The van der Waals surface area contributed by atoms with Gasteiger partial charge in [-0.25, -0.2) is 9.78 Å². The van der Waals surface area contributed by atoms with E-state index in [2.05, 4.69) is 15.3 Å². The second-order valence-electron chi connectivity index (χ2n) is 5.30. The number of hydrogen-bond acceptors (Lipinski definition) is 5. The monoisotopic (exact) mass is 271 g/mol. The minimum atomic E-state index is -0.509. The molecule has 0 aliphatic rings. The van der Waals surface area contributed by atoms with Crippen LogP contribution in [0.2, 0.25) is 0 Å². The van der Waals surface area contributed by atoms with Crippen LogP contribution in [0.5, 0.6) is 0 Å². The number of anilines is 2. The van der Waals surface area contributed by atoms with Crippen LogP contribution in [-0.4, -0.2) is 21.5 Å². The van der Waals surface area contributed by atoms with E-state index in [-0.39, 0.29) is 5.97 Å². The Bertz CT molecular complexity index is 592. The fourth-order valence-corrected chi connectivity index (χ4v) is 1.57. The first-order valence-electron chi connectivity index (χ1n) is 6.30. The lowest BCUT2D eigenvalue weighted by molar-refractivity contribution is 0.00696. The van der Waals surface area contributed by atoms with E-state index in [1.54, 1.807) is 36.8 Å². The smallest absolute Gasteiger partial charge is 0.338 e. The Labute approximate surface area is 118 Å². The van der Waals surface area contributed by atoms with Crippen molar-refractivity contribution >= 4 is 17.5 Å². The molecular weight excluding hydrogens is 254 g/mol. The van der Waals surface area contributed by atoms with Gasteiger partial charge < -0.3 is 10.1 Å². The number of carbonyl (C=O) groups is 1. The van der Waals surface area contributed by atoms with Crippen molar-refractivity contribution in [2.75, 3.05) is 5.32 Å². The zero-order valence-electron chi connectivity index (χ0n) is 11.8. The summed E-state index contributed by atoms with van der Waals surface area (Å²) in [6.07, 6.45) is 4.81. The molecule has 5 heteroatoms. The molecule has 1 aromatic carbocycles. The van der Waals surface area contributed by atoms with Gasteiger partial charge in [0.2, 0.25) is 0 Å². The molecule has 104 valence electrons. The number of rotatable bonds is 3. The predicted octanol–water partition coefficient (Wildman–Crippen LogP) is 3.18. The molecule has 0 bridgehead atoms. The average molecular weight is 271 g/mol. The third-order valence-electron chi connectivity index (χ3n) is 2.33. The Kier molecular flexibility index (Phi) is 3.98. The lowest BCUT2D eigenvalue weighted by Gasteiger charge is -2.19. The fraction of sp³-hybridized carbons (Fsp3) is 0.267. The second-order valence-corrected chi connectivity index (χ2v) is 5.30. The standard InChI is InChI=1S/C15H17N3O2/c1-15(2,3)20-14(19)11-5-4-6-12(9-11)18-13-10-16-7-8-17-13/h4-10H,1-3H3,(H,17,18). The lowest BCUT2D eigenvalue weighted by Crippen LogP contribution is -2.23. The molecule has 2 rings (SSSR count). The Morgan fingerprint density at radius 3 is 2.70 bits per heavy atom. The topological polar surface area (TPSA) is 64.1 Å². The average Bonchev–Trinajstić information content (AvgIpc) is 2.38. The fourth-order valence-electron chi connectivity index (χ4n) is 1.57. The minimum absolute atomic E-state index is 0.347. The van der Waals surface area contributed by atoms with E-state index in [0.717, 1.165) is 5.69 Å². The van der Waals surface area contributed by atoms with Crippen molar-refractivity contribution < 1.29 is 9.53 Å². The summed E-state index contributed by atoms with van der Waals surface area (Å²) in [5, 5.41) is 3.08. The molecular formula is C15H17N3O2. The molecule has 0 radical (unpaired) electrons. The summed E-state index contributed by atoms with van der Waals surface area (Å²) in [5.74, 6) is 0.272. The van der Waals surface area contributed by atoms with E-state index in [1.807, 2.05) is 26.8 Å². The van der Waals surface area contributed by atoms with Gasteiger partial charge in [0.25, 0.3) is 0 Å². The Balaban J connectivity index is 2.14. The zero-order valence-corrected chi connectivity index (χ0v) is 11.8. The van der Waals surface area contributed by atoms with Gasteiger partial charge in [0.1, 0.15) is 11.4 Å². The van der Waals surface area contributed by atoms with Crippen LogP contribution in [0.1, 0.15) is 31.1 Å². The molecule has 1 aromatic heterocycles. The van der Waals surface area contributed by atoms with Gasteiger partial charge in [-0.15, -0.1) is 0 Å².